The molecule has 0 saturated carbocycles. The van der Waals surface area contributed by atoms with E-state index >= 15 is 0 Å². The van der Waals surface area contributed by atoms with E-state index < -0.39 is 23.6 Å². The van der Waals surface area contributed by atoms with E-state index in [1.54, 1.807) is 0 Å². The molecule has 0 aliphatic heterocycles. The van der Waals surface area contributed by atoms with Crippen molar-refractivity contribution in [3.8, 4) is 0 Å². The molecule has 96 valence electrons. The van der Waals surface area contributed by atoms with Crippen LogP contribution in [-0.4, -0.2) is 24.7 Å². The monoisotopic (exact) mass is 253 g/mol. The topological polar surface area (TPSA) is 61.6 Å². The molecule has 0 aromatic carbocycles. The lowest BCUT2D eigenvalue weighted by Gasteiger charge is -2.03. The first-order valence-corrected chi connectivity index (χ1v) is 4.63. The van der Waals surface area contributed by atoms with Crippen LogP contribution in [0.4, 0.5) is 13.2 Å². The number of hydrogen-bond donors (Lipinski definition) is 0. The van der Waals surface area contributed by atoms with Gasteiger partial charge < -0.3 is 13.9 Å². The van der Waals surface area contributed by atoms with E-state index in [-0.39, 0.29) is 19.1 Å². The van der Waals surface area contributed by atoms with Crippen LogP contribution in [0, 0.1) is 0 Å². The third kappa shape index (κ3) is 3.19. The average Bonchev–Trinajstić information content (AvgIpc) is 2.62. The molecule has 8 heteroatoms. The first-order chi connectivity index (χ1) is 7.90. The SMILES string of the molecule is CCOC(=O)c1oc(COC)nc1C(F)(F)F. The van der Waals surface area contributed by atoms with E-state index in [4.69, 9.17) is 0 Å². The van der Waals surface area contributed by atoms with Gasteiger partial charge >= 0.3 is 12.1 Å². The molecule has 0 aliphatic rings. The van der Waals surface area contributed by atoms with Gasteiger partial charge in [0, 0.05) is 7.11 Å². The highest BCUT2D eigenvalue weighted by Crippen LogP contribution is 2.32. The van der Waals surface area contributed by atoms with Crippen LogP contribution in [0.1, 0.15) is 29.1 Å². The van der Waals surface area contributed by atoms with E-state index in [1.807, 2.05) is 0 Å². The third-order valence-electron chi connectivity index (χ3n) is 1.67. The van der Waals surface area contributed by atoms with Gasteiger partial charge in [-0.05, 0) is 6.92 Å². The molecule has 0 aliphatic carbocycles. The molecule has 17 heavy (non-hydrogen) atoms. The Morgan fingerprint density at radius 1 is 1.47 bits per heavy atom. The predicted molar refractivity (Wildman–Crippen MR) is 48.2 cm³/mol. The quantitative estimate of drug-likeness (QED) is 0.768. The Kier molecular flexibility index (Phi) is 4.11. The zero-order chi connectivity index (χ0) is 13.1. The van der Waals surface area contributed by atoms with Crippen molar-refractivity contribution in [3.63, 3.8) is 0 Å². The third-order valence-corrected chi connectivity index (χ3v) is 1.67. The van der Waals surface area contributed by atoms with Crippen molar-refractivity contribution >= 4 is 5.97 Å². The molecule has 1 heterocycles. The number of esters is 1. The summed E-state index contributed by atoms with van der Waals surface area (Å²) in [6.07, 6.45) is -4.78. The van der Waals surface area contributed by atoms with Crippen LogP contribution in [0.5, 0.6) is 0 Å². The first-order valence-electron chi connectivity index (χ1n) is 4.63. The van der Waals surface area contributed by atoms with E-state index in [0.29, 0.717) is 0 Å². The summed E-state index contributed by atoms with van der Waals surface area (Å²) in [4.78, 5) is 14.4. The van der Waals surface area contributed by atoms with Crippen molar-refractivity contribution < 1.29 is 31.9 Å². The van der Waals surface area contributed by atoms with Crippen LogP contribution in [0.2, 0.25) is 0 Å². The summed E-state index contributed by atoms with van der Waals surface area (Å²) in [7, 11) is 1.27. The number of ether oxygens (including phenoxy) is 2. The molecular weight excluding hydrogens is 243 g/mol. The molecule has 0 spiro atoms. The molecule has 1 aromatic heterocycles. The Labute approximate surface area is 94.5 Å². The molecule has 1 aromatic rings. The van der Waals surface area contributed by atoms with Crippen LogP contribution in [0.15, 0.2) is 4.42 Å². The average molecular weight is 253 g/mol. The second-order valence-electron chi connectivity index (χ2n) is 2.94. The Morgan fingerprint density at radius 2 is 2.12 bits per heavy atom. The number of nitrogens with zero attached hydrogens (tertiary/aromatic N) is 1. The second kappa shape index (κ2) is 5.17. The zero-order valence-corrected chi connectivity index (χ0v) is 9.13. The van der Waals surface area contributed by atoms with Crippen LogP contribution >= 0.6 is 0 Å². The molecule has 0 bridgehead atoms. The highest BCUT2D eigenvalue weighted by atomic mass is 19.4. The standard InChI is InChI=1S/C9H10F3NO4/c1-3-16-8(14)6-7(9(10,11)12)13-5(17-6)4-15-2/h3-4H2,1-2H3. The van der Waals surface area contributed by atoms with E-state index in [0.717, 1.165) is 0 Å². The van der Waals surface area contributed by atoms with E-state index in [2.05, 4.69) is 18.9 Å². The number of rotatable bonds is 4. The highest BCUT2D eigenvalue weighted by Gasteiger charge is 2.41. The molecule has 0 atom stereocenters. The summed E-state index contributed by atoms with van der Waals surface area (Å²) < 4.78 is 51.3. The van der Waals surface area contributed by atoms with Gasteiger partial charge in [-0.2, -0.15) is 13.2 Å². The minimum absolute atomic E-state index is 0.0591. The molecule has 0 unspecified atom stereocenters. The molecule has 0 saturated heterocycles. The molecule has 0 amide bonds. The van der Waals surface area contributed by atoms with Gasteiger partial charge in [-0.15, -0.1) is 0 Å². The van der Waals surface area contributed by atoms with E-state index in [1.165, 1.54) is 14.0 Å². The van der Waals surface area contributed by atoms with Crippen molar-refractivity contribution in [1.29, 1.82) is 0 Å². The van der Waals surface area contributed by atoms with Gasteiger partial charge in [0.25, 0.3) is 0 Å². The molecule has 5 nitrogen and oxygen atoms in total. The van der Waals surface area contributed by atoms with Crippen LogP contribution in [-0.2, 0) is 22.3 Å². The number of methoxy groups -OCH3 is 1. The zero-order valence-electron chi connectivity index (χ0n) is 9.13. The Morgan fingerprint density at radius 3 is 2.59 bits per heavy atom. The molecule has 0 fully saturated rings. The van der Waals surface area contributed by atoms with Crippen molar-refractivity contribution in [3.05, 3.63) is 17.3 Å². The number of carbonyl (C=O) groups excluding carboxylic acids is 1. The maximum absolute atomic E-state index is 12.5. The largest absolute Gasteiger partial charge is 0.460 e. The Bertz CT molecular complexity index is 399. The molecule has 0 radical (unpaired) electrons. The normalized spacial score (nSPS) is 11.6. The lowest BCUT2D eigenvalue weighted by molar-refractivity contribution is -0.141. The van der Waals surface area contributed by atoms with Crippen molar-refractivity contribution in [1.82, 2.24) is 4.98 Å². The van der Waals surface area contributed by atoms with Gasteiger partial charge in [-0.1, -0.05) is 0 Å². The van der Waals surface area contributed by atoms with Gasteiger partial charge in [-0.3, -0.25) is 0 Å². The van der Waals surface area contributed by atoms with Gasteiger partial charge in [0.05, 0.1) is 6.61 Å². The maximum Gasteiger partial charge on any atom is 0.437 e. The first kappa shape index (κ1) is 13.5. The van der Waals surface area contributed by atoms with E-state index in [9.17, 15) is 18.0 Å². The second-order valence-corrected chi connectivity index (χ2v) is 2.94. The predicted octanol–water partition coefficient (Wildman–Crippen LogP) is 2.02. The lowest BCUT2D eigenvalue weighted by Crippen LogP contribution is -2.14. The Hall–Kier alpha value is -1.57. The van der Waals surface area contributed by atoms with Gasteiger partial charge in [-0.25, -0.2) is 9.78 Å². The maximum atomic E-state index is 12.5. The number of halogens is 3. The summed E-state index contributed by atoms with van der Waals surface area (Å²) in [6, 6.07) is 0. The summed E-state index contributed by atoms with van der Waals surface area (Å²) in [6.45, 7) is 1.15. The number of oxazole rings is 1. The van der Waals surface area contributed by atoms with Gasteiger partial charge in [0.15, 0.2) is 5.69 Å². The van der Waals surface area contributed by atoms with Gasteiger partial charge in [0.1, 0.15) is 6.61 Å². The van der Waals surface area contributed by atoms with Crippen molar-refractivity contribution in [2.24, 2.45) is 0 Å². The Balaban J connectivity index is 3.12. The van der Waals surface area contributed by atoms with Gasteiger partial charge in [0.2, 0.25) is 11.7 Å². The number of alkyl halides is 3. The number of carbonyl (C=O) groups is 1. The number of aromatic nitrogens is 1. The minimum Gasteiger partial charge on any atom is -0.460 e. The lowest BCUT2D eigenvalue weighted by atomic mass is 10.3. The smallest absolute Gasteiger partial charge is 0.437 e. The summed E-state index contributed by atoms with van der Waals surface area (Å²) in [5.74, 6) is -2.48. The minimum atomic E-state index is -4.78. The number of hydrogen-bond acceptors (Lipinski definition) is 5. The summed E-state index contributed by atoms with van der Waals surface area (Å²) >= 11 is 0. The fourth-order valence-corrected chi connectivity index (χ4v) is 1.08. The van der Waals surface area contributed by atoms with Crippen molar-refractivity contribution in [2.75, 3.05) is 13.7 Å². The van der Waals surface area contributed by atoms with Crippen LogP contribution in [0.3, 0.4) is 0 Å². The van der Waals surface area contributed by atoms with Crippen LogP contribution < -0.4 is 0 Å². The molecular formula is C9H10F3NO4. The van der Waals surface area contributed by atoms with Crippen molar-refractivity contribution in [2.45, 2.75) is 19.7 Å². The summed E-state index contributed by atoms with van der Waals surface area (Å²) in [5.41, 5.74) is -1.40. The highest BCUT2D eigenvalue weighted by molar-refractivity contribution is 5.87. The molecule has 1 rings (SSSR count). The fraction of sp³-hybridized carbons (Fsp3) is 0.556. The van der Waals surface area contributed by atoms with Crippen LogP contribution in [0.25, 0.3) is 0 Å². The summed E-state index contributed by atoms with van der Waals surface area (Å²) in [5, 5.41) is 0. The fourth-order valence-electron chi connectivity index (χ4n) is 1.08. The molecule has 0 N–H and O–H groups in total.